The second-order valence-electron chi connectivity index (χ2n) is 4.95. The second-order valence-corrected chi connectivity index (χ2v) is 4.95. The lowest BCUT2D eigenvalue weighted by atomic mass is 9.69. The average Bonchev–Trinajstić information content (AvgIpc) is 2.60. The standard InChI is InChI=1S/C14H17NO10/c1-6(16)7-9(17)15(8(10(18)22-2)11(19)23-3)14(7,12(20)24-4)13(21)25-5/h7-8H,1-5H3. The fourth-order valence-electron chi connectivity index (χ4n) is 2.72. The van der Waals surface area contributed by atoms with E-state index in [0.717, 1.165) is 35.4 Å². The number of rotatable bonds is 6. The Balaban J connectivity index is 3.68. The second kappa shape index (κ2) is 7.28. The van der Waals surface area contributed by atoms with Crippen molar-refractivity contribution >= 4 is 35.6 Å². The van der Waals surface area contributed by atoms with Crippen molar-refractivity contribution in [2.45, 2.75) is 18.5 Å². The summed E-state index contributed by atoms with van der Waals surface area (Å²) in [6.07, 6.45) is 0. The van der Waals surface area contributed by atoms with Crippen LogP contribution in [0.25, 0.3) is 0 Å². The number of Topliss-reactive ketones (excluding diaryl/α,β-unsaturated/α-hetero) is 1. The number of methoxy groups -OCH3 is 4. The van der Waals surface area contributed by atoms with Crippen molar-refractivity contribution in [3.05, 3.63) is 0 Å². The van der Waals surface area contributed by atoms with Gasteiger partial charge in [-0.25, -0.2) is 19.2 Å². The summed E-state index contributed by atoms with van der Waals surface area (Å²) in [5.74, 6) is -9.05. The van der Waals surface area contributed by atoms with Crippen molar-refractivity contribution in [3.8, 4) is 0 Å². The van der Waals surface area contributed by atoms with Crippen molar-refractivity contribution in [3.63, 3.8) is 0 Å². The number of nitrogens with zero attached hydrogens (tertiary/aromatic N) is 1. The van der Waals surface area contributed by atoms with Crippen molar-refractivity contribution < 1.29 is 47.7 Å². The highest BCUT2D eigenvalue weighted by molar-refractivity contribution is 6.26. The molecule has 11 heteroatoms. The van der Waals surface area contributed by atoms with Crippen LogP contribution in [-0.2, 0) is 47.7 Å². The van der Waals surface area contributed by atoms with Gasteiger partial charge in [0.25, 0.3) is 5.54 Å². The van der Waals surface area contributed by atoms with Crippen LogP contribution in [0.2, 0.25) is 0 Å². The zero-order valence-electron chi connectivity index (χ0n) is 14.2. The molecule has 0 spiro atoms. The van der Waals surface area contributed by atoms with E-state index in [0.29, 0.717) is 4.90 Å². The molecule has 25 heavy (non-hydrogen) atoms. The molecule has 1 atom stereocenters. The molecule has 0 N–H and O–H groups in total. The van der Waals surface area contributed by atoms with Gasteiger partial charge in [-0.1, -0.05) is 0 Å². The quantitative estimate of drug-likeness (QED) is 0.222. The van der Waals surface area contributed by atoms with E-state index in [1.807, 2.05) is 0 Å². The number of carbonyl (C=O) groups excluding carboxylic acids is 6. The molecule has 1 rings (SSSR count). The Hall–Kier alpha value is -2.98. The summed E-state index contributed by atoms with van der Waals surface area (Å²) in [6, 6.07) is -2.10. The first-order chi connectivity index (χ1) is 11.7. The lowest BCUT2D eigenvalue weighted by Crippen LogP contribution is -2.83. The van der Waals surface area contributed by atoms with E-state index >= 15 is 0 Å². The molecule has 1 heterocycles. The van der Waals surface area contributed by atoms with E-state index < -0.39 is 53.1 Å². The van der Waals surface area contributed by atoms with Crippen LogP contribution in [0.5, 0.6) is 0 Å². The lowest BCUT2D eigenvalue weighted by molar-refractivity contribution is -0.210. The molecule has 0 aliphatic carbocycles. The van der Waals surface area contributed by atoms with Crippen LogP contribution in [0.1, 0.15) is 6.92 Å². The van der Waals surface area contributed by atoms with Gasteiger partial charge in [0, 0.05) is 0 Å². The molecule has 0 aromatic rings. The Morgan fingerprint density at radius 1 is 0.880 bits per heavy atom. The summed E-state index contributed by atoms with van der Waals surface area (Å²) in [5.41, 5.74) is -2.64. The van der Waals surface area contributed by atoms with Crippen LogP contribution >= 0.6 is 0 Å². The molecule has 1 amide bonds. The van der Waals surface area contributed by atoms with Crippen LogP contribution in [-0.4, -0.2) is 80.5 Å². The largest absolute Gasteiger partial charge is 0.467 e. The molecule has 1 fully saturated rings. The number of hydrogen-bond donors (Lipinski definition) is 0. The number of ketones is 1. The summed E-state index contributed by atoms with van der Waals surface area (Å²) >= 11 is 0. The van der Waals surface area contributed by atoms with Gasteiger partial charge in [-0.2, -0.15) is 0 Å². The molecule has 11 nitrogen and oxygen atoms in total. The van der Waals surface area contributed by atoms with Crippen molar-refractivity contribution in [2.24, 2.45) is 5.92 Å². The lowest BCUT2D eigenvalue weighted by Gasteiger charge is -2.52. The van der Waals surface area contributed by atoms with Gasteiger partial charge in [0.1, 0.15) is 11.7 Å². The molecule has 1 aliphatic heterocycles. The third-order valence-electron chi connectivity index (χ3n) is 3.79. The molecule has 0 aromatic heterocycles. The number of amides is 1. The van der Waals surface area contributed by atoms with Gasteiger partial charge in [-0.05, 0) is 6.92 Å². The minimum Gasteiger partial charge on any atom is -0.467 e. The van der Waals surface area contributed by atoms with Crippen molar-refractivity contribution in [2.75, 3.05) is 28.4 Å². The SMILES string of the molecule is COC(=O)C(C(=O)OC)N1C(=O)C(C(C)=O)C1(C(=O)OC)C(=O)OC. The van der Waals surface area contributed by atoms with Gasteiger partial charge in [0.15, 0.2) is 0 Å². The van der Waals surface area contributed by atoms with Gasteiger partial charge in [0.2, 0.25) is 11.9 Å². The Bertz CT molecular complexity index is 608. The first kappa shape index (κ1) is 20.1. The van der Waals surface area contributed by atoms with Gasteiger partial charge in [0.05, 0.1) is 28.4 Å². The number of carbonyl (C=O) groups is 6. The maximum atomic E-state index is 12.4. The van der Waals surface area contributed by atoms with Gasteiger partial charge >= 0.3 is 23.9 Å². The normalized spacial score (nSPS) is 18.1. The van der Waals surface area contributed by atoms with E-state index in [2.05, 4.69) is 18.9 Å². The highest BCUT2D eigenvalue weighted by atomic mass is 16.6. The summed E-state index contributed by atoms with van der Waals surface area (Å²) < 4.78 is 17.9. The molecule has 0 saturated carbocycles. The predicted molar refractivity (Wildman–Crippen MR) is 75.6 cm³/mol. The molecule has 0 aromatic carbocycles. The minimum atomic E-state index is -2.64. The van der Waals surface area contributed by atoms with E-state index in [1.165, 1.54) is 0 Å². The van der Waals surface area contributed by atoms with Gasteiger partial charge in [-0.3, -0.25) is 14.5 Å². The van der Waals surface area contributed by atoms with Gasteiger partial charge in [-0.15, -0.1) is 0 Å². The van der Waals surface area contributed by atoms with Crippen LogP contribution in [0, 0.1) is 5.92 Å². The molecular formula is C14H17NO10. The van der Waals surface area contributed by atoms with Crippen molar-refractivity contribution in [1.82, 2.24) is 4.90 Å². The number of esters is 4. The maximum absolute atomic E-state index is 12.4. The Morgan fingerprint density at radius 3 is 1.56 bits per heavy atom. The molecule has 138 valence electrons. The third-order valence-corrected chi connectivity index (χ3v) is 3.79. The number of β-lactam (4-membered cyclic amide) rings is 1. The van der Waals surface area contributed by atoms with Crippen LogP contribution in [0.15, 0.2) is 0 Å². The molecule has 0 radical (unpaired) electrons. The minimum absolute atomic E-state index is 0.300. The van der Waals surface area contributed by atoms with E-state index in [9.17, 15) is 28.8 Å². The highest BCUT2D eigenvalue weighted by Gasteiger charge is 2.76. The van der Waals surface area contributed by atoms with E-state index in [4.69, 9.17) is 0 Å². The monoisotopic (exact) mass is 359 g/mol. The maximum Gasteiger partial charge on any atom is 0.345 e. The molecule has 0 bridgehead atoms. The summed E-state index contributed by atoms with van der Waals surface area (Å²) in [7, 11) is 3.64. The third kappa shape index (κ3) is 2.71. The molecule has 1 aliphatic rings. The topological polar surface area (TPSA) is 143 Å². The van der Waals surface area contributed by atoms with Gasteiger partial charge < -0.3 is 18.9 Å². The smallest absolute Gasteiger partial charge is 0.345 e. The van der Waals surface area contributed by atoms with Crippen LogP contribution in [0.4, 0.5) is 0 Å². The Morgan fingerprint density at radius 2 is 1.28 bits per heavy atom. The summed E-state index contributed by atoms with van der Waals surface area (Å²) in [5, 5.41) is 0. The zero-order valence-corrected chi connectivity index (χ0v) is 14.2. The summed E-state index contributed by atoms with van der Waals surface area (Å²) in [4.78, 5) is 73.2. The van der Waals surface area contributed by atoms with Crippen LogP contribution < -0.4 is 0 Å². The molecule has 1 unspecified atom stereocenters. The predicted octanol–water partition coefficient (Wildman–Crippen LogP) is -2.17. The summed E-state index contributed by atoms with van der Waals surface area (Å²) in [6.45, 7) is 0.964. The Labute approximate surface area is 142 Å². The molecular weight excluding hydrogens is 342 g/mol. The van der Waals surface area contributed by atoms with Crippen molar-refractivity contribution in [1.29, 1.82) is 0 Å². The Kier molecular flexibility index (Phi) is 5.84. The number of hydrogen-bond acceptors (Lipinski definition) is 10. The fraction of sp³-hybridized carbons (Fsp3) is 0.571. The van der Waals surface area contributed by atoms with Crippen LogP contribution in [0.3, 0.4) is 0 Å². The van der Waals surface area contributed by atoms with E-state index in [1.54, 1.807) is 0 Å². The zero-order chi connectivity index (χ0) is 19.5. The first-order valence-corrected chi connectivity index (χ1v) is 6.82. The number of ether oxygens (including phenoxy) is 4. The highest BCUT2D eigenvalue weighted by Crippen LogP contribution is 2.43. The molecule has 1 saturated heterocycles. The number of likely N-dealkylation sites (tertiary alicyclic amines) is 1. The fourth-order valence-corrected chi connectivity index (χ4v) is 2.72. The van der Waals surface area contributed by atoms with E-state index in [-0.39, 0.29) is 0 Å². The average molecular weight is 359 g/mol. The first-order valence-electron chi connectivity index (χ1n) is 6.82.